The fourth-order valence-corrected chi connectivity index (χ4v) is 2.43. The molecule has 132 valence electrons. The average molecular weight is 368 g/mol. The highest BCUT2D eigenvalue weighted by Gasteiger charge is 2.05. The first-order valence-electron chi connectivity index (χ1n) is 8.06. The largest absolute Gasteiger partial charge is 0.484 e. The topological polar surface area (TPSA) is 63.2 Å². The second-order valence-corrected chi connectivity index (χ2v) is 6.15. The molecule has 5 nitrogen and oxygen atoms in total. The first-order valence-corrected chi connectivity index (χ1v) is 8.44. The van der Waals surface area contributed by atoms with Gasteiger partial charge in [0.2, 0.25) is 0 Å². The van der Waals surface area contributed by atoms with E-state index < -0.39 is 0 Å². The molecular weight excluding hydrogens is 350 g/mol. The predicted molar refractivity (Wildman–Crippen MR) is 104 cm³/mol. The zero-order valence-corrected chi connectivity index (χ0v) is 15.0. The number of carbonyl (C=O) groups is 1. The maximum absolute atomic E-state index is 12.0. The maximum atomic E-state index is 12.0. The molecule has 0 unspecified atom stereocenters. The van der Waals surface area contributed by atoms with E-state index in [4.69, 9.17) is 16.3 Å². The van der Waals surface area contributed by atoms with Gasteiger partial charge in [-0.15, -0.1) is 0 Å². The molecule has 1 amide bonds. The Kier molecular flexibility index (Phi) is 5.71. The lowest BCUT2D eigenvalue weighted by atomic mass is 10.2. The highest BCUT2D eigenvalue weighted by atomic mass is 35.5. The van der Waals surface area contributed by atoms with Crippen LogP contribution in [-0.4, -0.2) is 17.5 Å². The summed E-state index contributed by atoms with van der Waals surface area (Å²) < 4.78 is 5.44. The third kappa shape index (κ3) is 5.22. The van der Waals surface area contributed by atoms with E-state index in [2.05, 4.69) is 15.6 Å². The summed E-state index contributed by atoms with van der Waals surface area (Å²) in [6, 6.07) is 18.5. The van der Waals surface area contributed by atoms with E-state index in [0.29, 0.717) is 16.6 Å². The van der Waals surface area contributed by atoms with E-state index in [9.17, 15) is 4.79 Å². The highest BCUT2D eigenvalue weighted by molar-refractivity contribution is 6.30. The molecule has 1 heterocycles. The average Bonchev–Trinajstić information content (AvgIpc) is 2.63. The van der Waals surface area contributed by atoms with E-state index in [0.717, 1.165) is 16.9 Å². The number of rotatable bonds is 6. The summed E-state index contributed by atoms with van der Waals surface area (Å²) >= 11 is 5.96. The number of pyridine rings is 1. The number of ether oxygens (including phenoxy) is 1. The first-order chi connectivity index (χ1) is 12.6. The van der Waals surface area contributed by atoms with Gasteiger partial charge in [-0.05, 0) is 49.4 Å². The normalized spacial score (nSPS) is 10.2. The molecule has 0 aliphatic heterocycles. The molecule has 3 rings (SSSR count). The minimum atomic E-state index is -0.270. The van der Waals surface area contributed by atoms with Crippen molar-refractivity contribution in [3.8, 4) is 5.75 Å². The van der Waals surface area contributed by atoms with Gasteiger partial charge in [-0.25, -0.2) is 4.98 Å². The first kappa shape index (κ1) is 17.8. The summed E-state index contributed by atoms with van der Waals surface area (Å²) in [5, 5.41) is 6.55. The van der Waals surface area contributed by atoms with Gasteiger partial charge in [0.15, 0.2) is 6.61 Å². The van der Waals surface area contributed by atoms with Crippen LogP contribution < -0.4 is 15.4 Å². The molecule has 0 saturated heterocycles. The minimum absolute atomic E-state index is 0.0761. The molecule has 0 aliphatic rings. The maximum Gasteiger partial charge on any atom is 0.263 e. The lowest BCUT2D eigenvalue weighted by Crippen LogP contribution is -2.20. The number of nitrogens with zero attached hydrogens (tertiary/aromatic N) is 1. The van der Waals surface area contributed by atoms with Crippen LogP contribution in [0.3, 0.4) is 0 Å². The van der Waals surface area contributed by atoms with Gasteiger partial charge in [-0.3, -0.25) is 4.79 Å². The van der Waals surface area contributed by atoms with Crippen molar-refractivity contribution in [2.75, 3.05) is 17.2 Å². The Morgan fingerprint density at radius 2 is 1.88 bits per heavy atom. The van der Waals surface area contributed by atoms with Crippen LogP contribution in [0.4, 0.5) is 17.2 Å². The molecule has 0 saturated carbocycles. The second-order valence-electron chi connectivity index (χ2n) is 5.72. The number of aromatic nitrogens is 1. The molecule has 0 aliphatic carbocycles. The van der Waals surface area contributed by atoms with E-state index in [-0.39, 0.29) is 12.5 Å². The van der Waals surface area contributed by atoms with Crippen LogP contribution in [0.25, 0.3) is 0 Å². The third-order valence-electron chi connectivity index (χ3n) is 3.54. The minimum Gasteiger partial charge on any atom is -0.484 e. The summed E-state index contributed by atoms with van der Waals surface area (Å²) in [5.74, 6) is 0.840. The van der Waals surface area contributed by atoms with Crippen molar-refractivity contribution in [2.24, 2.45) is 0 Å². The van der Waals surface area contributed by atoms with Gasteiger partial charge >= 0.3 is 0 Å². The van der Waals surface area contributed by atoms with E-state index in [1.54, 1.807) is 12.3 Å². The smallest absolute Gasteiger partial charge is 0.263 e. The second kappa shape index (κ2) is 8.36. The quantitative estimate of drug-likeness (QED) is 0.656. The molecule has 0 bridgehead atoms. The Bertz CT molecular complexity index is 880. The molecule has 2 aromatic carbocycles. The molecule has 2 N–H and O–H groups in total. The molecule has 1 aromatic heterocycles. The molecule has 0 fully saturated rings. The van der Waals surface area contributed by atoms with Gasteiger partial charge in [0.25, 0.3) is 5.91 Å². The van der Waals surface area contributed by atoms with Crippen LogP contribution in [0.2, 0.25) is 5.02 Å². The van der Waals surface area contributed by atoms with Crippen molar-refractivity contribution in [2.45, 2.75) is 6.92 Å². The molecule has 0 spiro atoms. The third-order valence-corrected chi connectivity index (χ3v) is 3.77. The fraction of sp³-hybridized carbons (Fsp3) is 0.100. The number of hydrogen-bond donors (Lipinski definition) is 2. The van der Waals surface area contributed by atoms with E-state index >= 15 is 0 Å². The lowest BCUT2D eigenvalue weighted by Gasteiger charge is -2.09. The summed E-state index contributed by atoms with van der Waals surface area (Å²) in [6.07, 6.45) is 1.64. The van der Waals surface area contributed by atoms with Crippen LogP contribution in [0.5, 0.6) is 5.75 Å². The van der Waals surface area contributed by atoms with Crippen molar-refractivity contribution in [1.29, 1.82) is 0 Å². The van der Waals surface area contributed by atoms with Crippen LogP contribution in [0.15, 0.2) is 66.9 Å². The number of benzene rings is 2. The molecule has 6 heteroatoms. The molecule has 26 heavy (non-hydrogen) atoms. The Hall–Kier alpha value is -3.05. The Balaban J connectivity index is 1.51. The van der Waals surface area contributed by atoms with Gasteiger partial charge in [-0.1, -0.05) is 35.4 Å². The number of nitrogens with one attached hydrogen (secondary N) is 2. The van der Waals surface area contributed by atoms with Crippen molar-refractivity contribution in [3.05, 3.63) is 77.4 Å². The van der Waals surface area contributed by atoms with Crippen molar-refractivity contribution < 1.29 is 9.53 Å². The monoisotopic (exact) mass is 367 g/mol. The number of aryl methyl sites for hydroxylation is 1. The fourth-order valence-electron chi connectivity index (χ4n) is 2.24. The number of anilines is 3. The number of halogens is 1. The van der Waals surface area contributed by atoms with Crippen molar-refractivity contribution >= 4 is 34.7 Å². The SMILES string of the molecule is Cc1ccc(OCC(=O)Nc2ccc(Nc3cccc(Cl)c3)cn2)cc1. The Labute approximate surface area is 157 Å². The van der Waals surface area contributed by atoms with E-state index in [1.165, 1.54) is 0 Å². The van der Waals surface area contributed by atoms with Gasteiger partial charge in [0, 0.05) is 10.7 Å². The standard InChI is InChI=1S/C20H18ClN3O2/c1-14-5-8-18(9-6-14)26-13-20(25)24-19-10-7-17(12-22-19)23-16-4-2-3-15(21)11-16/h2-12,23H,13H2,1H3,(H,22,24,25). The van der Waals surface area contributed by atoms with Crippen LogP contribution in [0.1, 0.15) is 5.56 Å². The summed E-state index contributed by atoms with van der Waals surface area (Å²) in [7, 11) is 0. The molecule has 0 radical (unpaired) electrons. The summed E-state index contributed by atoms with van der Waals surface area (Å²) in [4.78, 5) is 16.2. The van der Waals surface area contributed by atoms with Gasteiger partial charge < -0.3 is 15.4 Å². The number of carbonyl (C=O) groups excluding carboxylic acids is 1. The molecule has 3 aromatic rings. The summed E-state index contributed by atoms with van der Waals surface area (Å²) in [6.45, 7) is 1.92. The number of amides is 1. The van der Waals surface area contributed by atoms with Crippen LogP contribution in [-0.2, 0) is 4.79 Å². The number of hydrogen-bond acceptors (Lipinski definition) is 4. The lowest BCUT2D eigenvalue weighted by molar-refractivity contribution is -0.118. The zero-order chi connectivity index (χ0) is 18.4. The molecular formula is C20H18ClN3O2. The van der Waals surface area contributed by atoms with Crippen molar-refractivity contribution in [1.82, 2.24) is 4.98 Å². The Morgan fingerprint density at radius 1 is 1.08 bits per heavy atom. The van der Waals surface area contributed by atoms with Crippen molar-refractivity contribution in [3.63, 3.8) is 0 Å². The highest BCUT2D eigenvalue weighted by Crippen LogP contribution is 2.20. The van der Waals surface area contributed by atoms with Crippen LogP contribution in [0, 0.1) is 6.92 Å². The van der Waals surface area contributed by atoms with Gasteiger partial charge in [0.05, 0.1) is 11.9 Å². The van der Waals surface area contributed by atoms with Gasteiger partial charge in [-0.2, -0.15) is 0 Å². The Morgan fingerprint density at radius 3 is 2.58 bits per heavy atom. The van der Waals surface area contributed by atoms with E-state index in [1.807, 2.05) is 61.5 Å². The predicted octanol–water partition coefficient (Wildman–Crippen LogP) is 4.80. The van der Waals surface area contributed by atoms with Crippen LogP contribution >= 0.6 is 11.6 Å². The zero-order valence-electron chi connectivity index (χ0n) is 14.2. The molecule has 0 atom stereocenters. The summed E-state index contributed by atoms with van der Waals surface area (Å²) in [5.41, 5.74) is 2.79. The van der Waals surface area contributed by atoms with Gasteiger partial charge in [0.1, 0.15) is 11.6 Å².